The van der Waals surface area contributed by atoms with Gasteiger partial charge >= 0.3 is 0 Å². The molecule has 0 radical (unpaired) electrons. The molecule has 0 aliphatic carbocycles. The number of rotatable bonds is 6. The Bertz CT molecular complexity index is 536. The van der Waals surface area contributed by atoms with Crippen LogP contribution in [0, 0.1) is 5.82 Å². The zero-order chi connectivity index (χ0) is 13.8. The smallest absolute Gasteiger partial charge is 0.123 e. The highest BCUT2D eigenvalue weighted by Gasteiger charge is 2.06. The van der Waals surface area contributed by atoms with Crippen molar-refractivity contribution in [2.45, 2.75) is 39.4 Å². The van der Waals surface area contributed by atoms with Gasteiger partial charge < -0.3 is 10.6 Å². The average Bonchev–Trinajstić information content (AvgIpc) is 2.75. The van der Waals surface area contributed by atoms with Gasteiger partial charge in [0.05, 0.1) is 0 Å². The second-order valence-electron chi connectivity index (χ2n) is 5.24. The summed E-state index contributed by atoms with van der Waals surface area (Å²) in [7, 11) is 0. The lowest BCUT2D eigenvalue weighted by molar-refractivity contribution is 0.475. The summed E-state index contributed by atoms with van der Waals surface area (Å²) >= 11 is 1.72. The van der Waals surface area contributed by atoms with Gasteiger partial charge in [0.15, 0.2) is 0 Å². The molecule has 0 spiro atoms. The van der Waals surface area contributed by atoms with E-state index >= 15 is 0 Å². The first kappa shape index (κ1) is 14.4. The molecule has 0 saturated carbocycles. The topological polar surface area (TPSA) is 24.1 Å². The fourth-order valence-electron chi connectivity index (χ4n) is 1.92. The van der Waals surface area contributed by atoms with Crippen LogP contribution < -0.4 is 10.6 Å². The van der Waals surface area contributed by atoms with Gasteiger partial charge in [-0.05, 0) is 36.6 Å². The molecule has 104 valence electrons. The minimum atomic E-state index is -0.167. The van der Waals surface area contributed by atoms with E-state index in [1.54, 1.807) is 17.4 Å². The molecule has 1 aromatic heterocycles. The van der Waals surface area contributed by atoms with Crippen LogP contribution in [0.5, 0.6) is 0 Å². The van der Waals surface area contributed by atoms with Gasteiger partial charge in [0.25, 0.3) is 0 Å². The van der Waals surface area contributed by atoms with Crippen molar-refractivity contribution in [2.24, 2.45) is 0 Å². The molecule has 0 bridgehead atoms. The zero-order valence-electron chi connectivity index (χ0n) is 11.7. The molecule has 1 atom stereocenters. The lowest BCUT2D eigenvalue weighted by Gasteiger charge is -2.15. The molecule has 2 nitrogen and oxygen atoms in total. The van der Waals surface area contributed by atoms with Crippen LogP contribution >= 0.6 is 11.3 Å². The Morgan fingerprint density at radius 2 is 1.95 bits per heavy atom. The first-order chi connectivity index (χ1) is 9.04. The van der Waals surface area contributed by atoms with E-state index in [9.17, 15) is 4.39 Å². The van der Waals surface area contributed by atoms with Crippen molar-refractivity contribution in [2.75, 3.05) is 6.54 Å². The summed E-state index contributed by atoms with van der Waals surface area (Å²) in [5.41, 5.74) is 0. The maximum Gasteiger partial charge on any atom is 0.123 e. The third-order valence-electron chi connectivity index (χ3n) is 2.99. The number of hydrogen-bond acceptors (Lipinski definition) is 3. The molecule has 19 heavy (non-hydrogen) atoms. The number of fused-ring (bicyclic) bond motifs is 1. The van der Waals surface area contributed by atoms with Gasteiger partial charge in [0.1, 0.15) is 5.82 Å². The Morgan fingerprint density at radius 3 is 2.68 bits per heavy atom. The Labute approximate surface area is 118 Å². The quantitative estimate of drug-likeness (QED) is 0.846. The first-order valence-electron chi connectivity index (χ1n) is 6.69. The van der Waals surface area contributed by atoms with Gasteiger partial charge in [0, 0.05) is 34.8 Å². The molecule has 0 aliphatic rings. The maximum absolute atomic E-state index is 13.1. The third-order valence-corrected chi connectivity index (χ3v) is 4.10. The van der Waals surface area contributed by atoms with E-state index in [2.05, 4.69) is 37.5 Å². The van der Waals surface area contributed by atoms with Crippen LogP contribution in [0.2, 0.25) is 0 Å². The lowest BCUT2D eigenvalue weighted by Crippen LogP contribution is -2.38. The fourth-order valence-corrected chi connectivity index (χ4v) is 2.91. The predicted octanol–water partition coefficient (Wildman–Crippen LogP) is 3.52. The molecule has 1 aromatic carbocycles. The molecule has 0 fully saturated rings. The van der Waals surface area contributed by atoms with E-state index in [0.717, 1.165) is 23.2 Å². The summed E-state index contributed by atoms with van der Waals surface area (Å²) in [5.74, 6) is -0.167. The van der Waals surface area contributed by atoms with Gasteiger partial charge in [-0.2, -0.15) is 0 Å². The molecule has 2 aromatic rings. The van der Waals surface area contributed by atoms with Crippen molar-refractivity contribution < 1.29 is 4.39 Å². The van der Waals surface area contributed by atoms with Gasteiger partial charge in [0.2, 0.25) is 0 Å². The molecular weight excluding hydrogens is 259 g/mol. The van der Waals surface area contributed by atoms with Crippen LogP contribution in [0.1, 0.15) is 25.6 Å². The molecule has 0 aliphatic heterocycles. The summed E-state index contributed by atoms with van der Waals surface area (Å²) in [6, 6.07) is 7.96. The van der Waals surface area contributed by atoms with Crippen LogP contribution in [0.15, 0.2) is 24.3 Å². The molecule has 1 heterocycles. The highest BCUT2D eigenvalue weighted by atomic mass is 32.1. The summed E-state index contributed by atoms with van der Waals surface area (Å²) in [6.07, 6.45) is 0. The van der Waals surface area contributed by atoms with Gasteiger partial charge in [-0.25, -0.2) is 4.39 Å². The standard InChI is InChI=1S/C15H21FN2S/c1-10(2)17-8-11(3)18-9-14-7-12-6-13(16)4-5-15(12)19-14/h4-7,10-11,17-18H,8-9H2,1-3H3. The predicted molar refractivity (Wildman–Crippen MR) is 81.2 cm³/mol. The maximum atomic E-state index is 13.1. The molecule has 1 unspecified atom stereocenters. The normalized spacial score (nSPS) is 13.3. The number of benzene rings is 1. The second-order valence-corrected chi connectivity index (χ2v) is 6.41. The Balaban J connectivity index is 1.90. The monoisotopic (exact) mass is 280 g/mol. The third kappa shape index (κ3) is 4.27. The Kier molecular flexibility index (Phi) is 4.91. The van der Waals surface area contributed by atoms with Crippen molar-refractivity contribution in [3.05, 3.63) is 35.0 Å². The van der Waals surface area contributed by atoms with Gasteiger partial charge in [-0.1, -0.05) is 13.8 Å². The highest BCUT2D eigenvalue weighted by molar-refractivity contribution is 7.19. The summed E-state index contributed by atoms with van der Waals surface area (Å²) in [4.78, 5) is 1.25. The minimum Gasteiger partial charge on any atom is -0.313 e. The van der Waals surface area contributed by atoms with Gasteiger partial charge in [-0.15, -0.1) is 11.3 Å². The van der Waals surface area contributed by atoms with E-state index in [1.165, 1.54) is 10.9 Å². The molecule has 2 rings (SSSR count). The largest absolute Gasteiger partial charge is 0.313 e. The number of halogens is 1. The minimum absolute atomic E-state index is 0.167. The number of hydrogen-bond donors (Lipinski definition) is 2. The lowest BCUT2D eigenvalue weighted by atomic mass is 10.2. The van der Waals surface area contributed by atoms with E-state index < -0.39 is 0 Å². The fraction of sp³-hybridized carbons (Fsp3) is 0.467. The van der Waals surface area contributed by atoms with Crippen molar-refractivity contribution >= 4 is 21.4 Å². The van der Waals surface area contributed by atoms with Crippen LogP contribution in [-0.2, 0) is 6.54 Å². The van der Waals surface area contributed by atoms with Crippen molar-refractivity contribution in [3.63, 3.8) is 0 Å². The number of thiophene rings is 1. The van der Waals surface area contributed by atoms with Crippen molar-refractivity contribution in [1.29, 1.82) is 0 Å². The van der Waals surface area contributed by atoms with E-state index in [1.807, 2.05) is 6.07 Å². The average molecular weight is 280 g/mol. The zero-order valence-corrected chi connectivity index (χ0v) is 12.5. The molecule has 4 heteroatoms. The van der Waals surface area contributed by atoms with Crippen molar-refractivity contribution in [1.82, 2.24) is 10.6 Å². The number of nitrogens with one attached hydrogen (secondary N) is 2. The second kappa shape index (κ2) is 6.46. The molecule has 0 saturated heterocycles. The molecular formula is C15H21FN2S. The SMILES string of the molecule is CC(C)NCC(C)NCc1cc2cc(F)ccc2s1. The summed E-state index contributed by atoms with van der Waals surface area (Å²) in [6.45, 7) is 8.25. The van der Waals surface area contributed by atoms with E-state index in [0.29, 0.717) is 12.1 Å². The van der Waals surface area contributed by atoms with Crippen LogP contribution in [-0.4, -0.2) is 18.6 Å². The van der Waals surface area contributed by atoms with Crippen LogP contribution in [0.4, 0.5) is 4.39 Å². The van der Waals surface area contributed by atoms with Gasteiger partial charge in [-0.3, -0.25) is 0 Å². The summed E-state index contributed by atoms with van der Waals surface area (Å²) in [5, 5.41) is 7.89. The first-order valence-corrected chi connectivity index (χ1v) is 7.51. The van der Waals surface area contributed by atoms with Crippen molar-refractivity contribution in [3.8, 4) is 0 Å². The molecule has 0 amide bonds. The van der Waals surface area contributed by atoms with Crippen LogP contribution in [0.3, 0.4) is 0 Å². The summed E-state index contributed by atoms with van der Waals surface area (Å²) < 4.78 is 14.3. The van der Waals surface area contributed by atoms with E-state index in [4.69, 9.17) is 0 Å². The van der Waals surface area contributed by atoms with E-state index in [-0.39, 0.29) is 5.82 Å². The Hall–Kier alpha value is -0.970. The Morgan fingerprint density at radius 1 is 1.16 bits per heavy atom. The molecule has 2 N–H and O–H groups in total. The van der Waals surface area contributed by atoms with Crippen LogP contribution in [0.25, 0.3) is 10.1 Å². The highest BCUT2D eigenvalue weighted by Crippen LogP contribution is 2.26.